The summed E-state index contributed by atoms with van der Waals surface area (Å²) in [6.45, 7) is 2.78. The van der Waals surface area contributed by atoms with E-state index in [0.29, 0.717) is 63.8 Å². The van der Waals surface area contributed by atoms with Crippen LogP contribution in [0.4, 0.5) is 0 Å². The fourth-order valence-corrected chi connectivity index (χ4v) is 7.50. The molecule has 2 N–H and O–H groups in total. The van der Waals surface area contributed by atoms with Gasteiger partial charge in [0, 0.05) is 23.9 Å². The first-order valence-electron chi connectivity index (χ1n) is 12.4. The zero-order chi connectivity index (χ0) is 24.0. The number of ketones is 1. The number of carbonyl (C=O) groups is 2. The Balaban J connectivity index is 1.25. The number of benzene rings is 2. The average molecular weight is 500 g/mol. The molecule has 1 amide bonds. The van der Waals surface area contributed by atoms with Gasteiger partial charge in [-0.3, -0.25) is 9.59 Å². The smallest absolute Gasteiger partial charge is 0.251 e. The molecule has 2 aromatic carbocycles. The van der Waals surface area contributed by atoms with Gasteiger partial charge in [0.15, 0.2) is 0 Å². The van der Waals surface area contributed by atoms with E-state index in [4.69, 9.17) is 23.2 Å². The summed E-state index contributed by atoms with van der Waals surface area (Å²) in [5, 5.41) is 13.7. The number of Topliss-reactive ketones (excluding diaryl/α,β-unsaturated/α-hetero) is 1. The molecule has 2 saturated carbocycles. The third-order valence-electron chi connectivity index (χ3n) is 8.77. The van der Waals surface area contributed by atoms with Crippen molar-refractivity contribution in [3.05, 3.63) is 63.1 Å². The lowest BCUT2D eigenvalue weighted by molar-refractivity contribution is -0.129. The molecular formula is C28H31Cl2NO3. The molecule has 34 heavy (non-hydrogen) atoms. The molecular weight excluding hydrogens is 469 g/mol. The number of phenolic OH excluding ortho intramolecular Hbond substituents is 1. The second-order valence-corrected chi connectivity index (χ2v) is 11.4. The van der Waals surface area contributed by atoms with E-state index < -0.39 is 0 Å². The molecule has 4 nitrogen and oxygen atoms in total. The lowest BCUT2D eigenvalue weighted by atomic mass is 9.54. The fourth-order valence-electron chi connectivity index (χ4n) is 7.20. The highest BCUT2D eigenvalue weighted by Crippen LogP contribution is 2.62. The Hall–Kier alpha value is -2.04. The Kier molecular flexibility index (Phi) is 6.41. The number of halogens is 2. The van der Waals surface area contributed by atoms with Crippen molar-refractivity contribution in [2.45, 2.75) is 57.8 Å². The van der Waals surface area contributed by atoms with E-state index >= 15 is 0 Å². The largest absolute Gasteiger partial charge is 0.508 e. The van der Waals surface area contributed by atoms with Crippen LogP contribution >= 0.6 is 23.2 Å². The Labute approximate surface area is 211 Å². The van der Waals surface area contributed by atoms with Gasteiger partial charge in [-0.2, -0.15) is 0 Å². The molecule has 0 aromatic heterocycles. The summed E-state index contributed by atoms with van der Waals surface area (Å²) in [7, 11) is 0. The molecule has 0 bridgehead atoms. The molecule has 3 aliphatic carbocycles. The number of carbonyl (C=O) groups excluding carboxylic acids is 2. The minimum absolute atomic E-state index is 0.157. The zero-order valence-corrected chi connectivity index (χ0v) is 21.0. The molecule has 2 fully saturated rings. The molecule has 0 spiro atoms. The van der Waals surface area contributed by atoms with Crippen LogP contribution in [-0.2, 0) is 11.2 Å². The third kappa shape index (κ3) is 4.13. The minimum Gasteiger partial charge on any atom is -0.508 e. The van der Waals surface area contributed by atoms with Crippen LogP contribution < -0.4 is 5.32 Å². The molecule has 2 aromatic rings. The van der Waals surface area contributed by atoms with Crippen LogP contribution in [-0.4, -0.2) is 23.3 Å². The molecule has 0 aliphatic heterocycles. The van der Waals surface area contributed by atoms with Crippen molar-refractivity contribution in [2.75, 3.05) is 6.54 Å². The molecule has 5 rings (SSSR count). The van der Waals surface area contributed by atoms with Gasteiger partial charge in [-0.25, -0.2) is 0 Å². The van der Waals surface area contributed by atoms with Gasteiger partial charge in [0.25, 0.3) is 5.91 Å². The van der Waals surface area contributed by atoms with Crippen LogP contribution in [0.15, 0.2) is 36.4 Å². The van der Waals surface area contributed by atoms with Gasteiger partial charge in [-0.1, -0.05) is 36.2 Å². The van der Waals surface area contributed by atoms with Gasteiger partial charge in [-0.15, -0.1) is 0 Å². The van der Waals surface area contributed by atoms with E-state index in [1.807, 2.05) is 12.1 Å². The van der Waals surface area contributed by atoms with E-state index in [2.05, 4.69) is 18.3 Å². The van der Waals surface area contributed by atoms with Gasteiger partial charge >= 0.3 is 0 Å². The van der Waals surface area contributed by atoms with E-state index in [1.54, 1.807) is 18.2 Å². The number of hydrogen-bond acceptors (Lipinski definition) is 3. The van der Waals surface area contributed by atoms with Crippen molar-refractivity contribution in [3.8, 4) is 5.75 Å². The summed E-state index contributed by atoms with van der Waals surface area (Å²) in [4.78, 5) is 25.6. The Bertz CT molecular complexity index is 1130. The van der Waals surface area contributed by atoms with Crippen LogP contribution in [0.25, 0.3) is 0 Å². The summed E-state index contributed by atoms with van der Waals surface area (Å²) in [5.74, 6) is 2.36. The number of aromatic hydroxyl groups is 1. The summed E-state index contributed by atoms with van der Waals surface area (Å²) in [5.41, 5.74) is 2.93. The average Bonchev–Trinajstić information content (AvgIpc) is 3.07. The first kappa shape index (κ1) is 23.7. The third-order valence-corrected chi connectivity index (χ3v) is 9.51. The zero-order valence-electron chi connectivity index (χ0n) is 19.4. The molecule has 0 radical (unpaired) electrons. The molecule has 5 atom stereocenters. The summed E-state index contributed by atoms with van der Waals surface area (Å²) >= 11 is 12.0. The maximum atomic E-state index is 13.2. The Morgan fingerprint density at radius 3 is 2.76 bits per heavy atom. The van der Waals surface area contributed by atoms with Gasteiger partial charge in [0.2, 0.25) is 0 Å². The summed E-state index contributed by atoms with van der Waals surface area (Å²) in [6.07, 6.45) is 6.50. The van der Waals surface area contributed by atoms with Crippen molar-refractivity contribution in [2.24, 2.45) is 23.2 Å². The minimum atomic E-state index is -0.219. The number of amides is 1. The highest BCUT2D eigenvalue weighted by Gasteiger charge is 2.58. The molecule has 6 heteroatoms. The van der Waals surface area contributed by atoms with E-state index in [1.165, 1.54) is 11.1 Å². The van der Waals surface area contributed by atoms with Crippen LogP contribution in [0.1, 0.15) is 72.9 Å². The number of aryl methyl sites for hydroxylation is 1. The number of hydrogen-bond donors (Lipinski definition) is 2. The van der Waals surface area contributed by atoms with E-state index in [9.17, 15) is 14.7 Å². The molecule has 4 unspecified atom stereocenters. The molecule has 0 heterocycles. The normalized spacial score (nSPS) is 29.8. The second kappa shape index (κ2) is 9.20. The van der Waals surface area contributed by atoms with E-state index in [-0.39, 0.29) is 11.3 Å². The van der Waals surface area contributed by atoms with Crippen LogP contribution in [0.3, 0.4) is 0 Å². The van der Waals surface area contributed by atoms with Crippen LogP contribution in [0.5, 0.6) is 5.75 Å². The first-order valence-corrected chi connectivity index (χ1v) is 13.1. The highest BCUT2D eigenvalue weighted by molar-refractivity contribution is 6.42. The van der Waals surface area contributed by atoms with E-state index in [0.717, 1.165) is 38.5 Å². The Morgan fingerprint density at radius 1 is 1.15 bits per heavy atom. The monoisotopic (exact) mass is 499 g/mol. The molecule has 3 aliphatic rings. The number of nitrogens with one attached hydrogen (secondary N) is 1. The number of phenols is 1. The van der Waals surface area contributed by atoms with Crippen LogP contribution in [0.2, 0.25) is 10.0 Å². The van der Waals surface area contributed by atoms with Crippen molar-refractivity contribution in [1.82, 2.24) is 5.32 Å². The Morgan fingerprint density at radius 2 is 1.97 bits per heavy atom. The van der Waals surface area contributed by atoms with Crippen molar-refractivity contribution >= 4 is 34.9 Å². The fraction of sp³-hybridized carbons (Fsp3) is 0.500. The molecule has 0 saturated heterocycles. The van der Waals surface area contributed by atoms with Crippen molar-refractivity contribution in [3.63, 3.8) is 0 Å². The predicted molar refractivity (Wildman–Crippen MR) is 135 cm³/mol. The van der Waals surface area contributed by atoms with Gasteiger partial charge < -0.3 is 10.4 Å². The van der Waals surface area contributed by atoms with Gasteiger partial charge in [0.05, 0.1) is 10.0 Å². The standard InChI is InChI=1S/C28H31Cl2NO3/c1-28-11-10-21-20-8-6-19(32)13-16(20)4-7-22(21)26(28)17(15-25(28)33)3-2-12-31-27(34)18-5-9-23(29)24(30)14-18/h5-6,8-9,13-14,17,21-22,26,32H,2-4,7,10-12,15H2,1H3,(H,31,34)/t17?,21?,22?,26?,28-/m1/s1. The SMILES string of the molecule is C[C@]12CCC3c4ccc(O)cc4CCC3C1C(CCCNC(=O)c1ccc(Cl)c(Cl)c1)CC2=O. The second-order valence-electron chi connectivity index (χ2n) is 10.6. The highest BCUT2D eigenvalue weighted by atomic mass is 35.5. The van der Waals surface area contributed by atoms with Crippen LogP contribution in [0, 0.1) is 23.2 Å². The van der Waals surface area contributed by atoms with Crippen molar-refractivity contribution in [1.29, 1.82) is 0 Å². The summed E-state index contributed by atoms with van der Waals surface area (Å²) in [6, 6.07) is 10.7. The summed E-state index contributed by atoms with van der Waals surface area (Å²) < 4.78 is 0. The number of rotatable bonds is 5. The maximum absolute atomic E-state index is 13.2. The number of fused-ring (bicyclic) bond motifs is 5. The molecule has 180 valence electrons. The lowest BCUT2D eigenvalue weighted by Gasteiger charge is -2.50. The first-order chi connectivity index (χ1) is 16.3. The quantitative estimate of drug-likeness (QED) is 0.457. The van der Waals surface area contributed by atoms with Crippen molar-refractivity contribution < 1.29 is 14.7 Å². The van der Waals surface area contributed by atoms with Gasteiger partial charge in [-0.05, 0) is 104 Å². The lowest BCUT2D eigenvalue weighted by Crippen LogP contribution is -2.44. The van der Waals surface area contributed by atoms with Gasteiger partial charge in [0.1, 0.15) is 11.5 Å². The predicted octanol–water partition coefficient (Wildman–Crippen LogP) is 6.56. The topological polar surface area (TPSA) is 66.4 Å². The maximum Gasteiger partial charge on any atom is 0.251 e.